The summed E-state index contributed by atoms with van der Waals surface area (Å²) in [5.74, 6) is 0. The third-order valence-corrected chi connectivity index (χ3v) is 5.35. The molecule has 0 atom stereocenters. The van der Waals surface area contributed by atoms with Crippen molar-refractivity contribution in [3.8, 4) is 11.3 Å². The molecule has 5 nitrogen and oxygen atoms in total. The first-order chi connectivity index (χ1) is 12.3. The molecule has 2 N–H and O–H groups in total. The van der Waals surface area contributed by atoms with E-state index in [0.29, 0.717) is 5.13 Å². The Balaban J connectivity index is 1.45. The number of hydrogen-bond acceptors (Lipinski definition) is 7. The number of nitrogens with one attached hydrogen (secondary N) is 2. The zero-order chi connectivity index (χ0) is 17.1. The van der Waals surface area contributed by atoms with Gasteiger partial charge in [0.15, 0.2) is 5.13 Å². The minimum atomic E-state index is 0.704. The van der Waals surface area contributed by atoms with Gasteiger partial charge in [0.1, 0.15) is 0 Å². The van der Waals surface area contributed by atoms with Crippen molar-refractivity contribution in [2.24, 2.45) is 0 Å². The fourth-order valence-corrected chi connectivity index (χ4v) is 3.86. The summed E-state index contributed by atoms with van der Waals surface area (Å²) in [6, 6.07) is 18.0. The lowest BCUT2D eigenvalue weighted by molar-refractivity contribution is 1.09. The van der Waals surface area contributed by atoms with Crippen molar-refractivity contribution in [3.05, 3.63) is 64.5 Å². The lowest BCUT2D eigenvalue weighted by Gasteiger charge is -1.99. The van der Waals surface area contributed by atoms with Gasteiger partial charge in [0.05, 0.1) is 5.69 Å². The predicted molar refractivity (Wildman–Crippen MR) is 108 cm³/mol. The molecule has 0 bridgehead atoms. The fraction of sp³-hybridized carbons (Fsp3) is 0. The van der Waals surface area contributed by atoms with Gasteiger partial charge >= 0.3 is 0 Å². The van der Waals surface area contributed by atoms with Crippen LogP contribution in [0.15, 0.2) is 64.5 Å². The van der Waals surface area contributed by atoms with E-state index in [2.05, 4.69) is 41.7 Å². The van der Waals surface area contributed by atoms with E-state index in [1.165, 1.54) is 11.3 Å². The monoisotopic (exact) mass is 429 g/mol. The number of halogens is 1. The highest BCUT2D eigenvalue weighted by atomic mass is 79.9. The van der Waals surface area contributed by atoms with Gasteiger partial charge in [-0.25, -0.2) is 4.98 Å². The van der Waals surface area contributed by atoms with Crippen LogP contribution < -0.4 is 10.6 Å². The summed E-state index contributed by atoms with van der Waals surface area (Å²) in [6.45, 7) is 0. The van der Waals surface area contributed by atoms with E-state index in [-0.39, 0.29) is 0 Å². The van der Waals surface area contributed by atoms with Crippen molar-refractivity contribution in [1.82, 2.24) is 15.2 Å². The van der Waals surface area contributed by atoms with E-state index >= 15 is 0 Å². The Morgan fingerprint density at radius 1 is 0.800 bits per heavy atom. The highest BCUT2D eigenvalue weighted by Gasteiger charge is 2.08. The van der Waals surface area contributed by atoms with Crippen LogP contribution in [-0.4, -0.2) is 15.2 Å². The predicted octanol–water partition coefficient (Wildman–Crippen LogP) is 5.91. The molecule has 0 fully saturated rings. The molecule has 0 saturated carbocycles. The SMILES string of the molecule is Brc1ccc(-c2csc(Nc3nnc(Nc4ccccc4)s3)n2)cc1. The molecular formula is C17H12BrN5S2. The minimum Gasteiger partial charge on any atom is -0.330 e. The molecule has 2 heterocycles. The Labute approximate surface area is 160 Å². The Kier molecular flexibility index (Phi) is 4.73. The molecule has 25 heavy (non-hydrogen) atoms. The summed E-state index contributed by atoms with van der Waals surface area (Å²) < 4.78 is 1.05. The topological polar surface area (TPSA) is 62.7 Å². The van der Waals surface area contributed by atoms with Crippen LogP contribution in [0.3, 0.4) is 0 Å². The zero-order valence-corrected chi connectivity index (χ0v) is 16.0. The molecule has 0 amide bonds. The van der Waals surface area contributed by atoms with E-state index in [4.69, 9.17) is 0 Å². The quantitative estimate of drug-likeness (QED) is 0.412. The summed E-state index contributed by atoms with van der Waals surface area (Å²) in [5, 5.41) is 19.0. The van der Waals surface area contributed by atoms with Crippen LogP contribution in [0.5, 0.6) is 0 Å². The number of benzene rings is 2. The molecular weight excluding hydrogens is 418 g/mol. The second-order valence-electron chi connectivity index (χ2n) is 5.07. The largest absolute Gasteiger partial charge is 0.330 e. The second-order valence-corrected chi connectivity index (χ2v) is 7.82. The van der Waals surface area contributed by atoms with Crippen LogP contribution in [0.2, 0.25) is 0 Å². The molecule has 0 aliphatic rings. The molecule has 8 heteroatoms. The van der Waals surface area contributed by atoms with Crippen LogP contribution in [0.25, 0.3) is 11.3 Å². The number of aromatic nitrogens is 3. The van der Waals surface area contributed by atoms with E-state index in [9.17, 15) is 0 Å². The van der Waals surface area contributed by atoms with Gasteiger partial charge in [-0.3, -0.25) is 0 Å². The lowest BCUT2D eigenvalue weighted by Crippen LogP contribution is -1.89. The van der Waals surface area contributed by atoms with E-state index in [1.54, 1.807) is 11.3 Å². The molecule has 0 aliphatic carbocycles. The summed E-state index contributed by atoms with van der Waals surface area (Å²) in [6.07, 6.45) is 0. The molecule has 0 unspecified atom stereocenters. The highest BCUT2D eigenvalue weighted by Crippen LogP contribution is 2.30. The van der Waals surface area contributed by atoms with Crippen LogP contribution in [0, 0.1) is 0 Å². The molecule has 0 radical (unpaired) electrons. The fourth-order valence-electron chi connectivity index (χ4n) is 2.15. The van der Waals surface area contributed by atoms with Crippen LogP contribution >= 0.6 is 38.6 Å². The number of anilines is 4. The smallest absolute Gasteiger partial charge is 0.213 e. The van der Waals surface area contributed by atoms with Gasteiger partial charge in [-0.05, 0) is 24.3 Å². The van der Waals surface area contributed by atoms with Crippen LogP contribution in [0.1, 0.15) is 0 Å². The van der Waals surface area contributed by atoms with Crippen molar-refractivity contribution in [2.45, 2.75) is 0 Å². The molecule has 4 aromatic rings. The number of thiazole rings is 1. The average molecular weight is 430 g/mol. The number of para-hydroxylation sites is 1. The Hall–Kier alpha value is -2.29. The lowest BCUT2D eigenvalue weighted by atomic mass is 10.2. The van der Waals surface area contributed by atoms with E-state index in [1.807, 2.05) is 60.0 Å². The molecule has 4 rings (SSSR count). The minimum absolute atomic E-state index is 0.704. The van der Waals surface area contributed by atoms with Crippen molar-refractivity contribution in [1.29, 1.82) is 0 Å². The van der Waals surface area contributed by atoms with Gasteiger partial charge in [-0.2, -0.15) is 0 Å². The molecule has 124 valence electrons. The highest BCUT2D eigenvalue weighted by molar-refractivity contribution is 9.10. The number of rotatable bonds is 5. The maximum atomic E-state index is 4.61. The molecule has 0 saturated heterocycles. The summed E-state index contributed by atoms with van der Waals surface area (Å²) >= 11 is 6.43. The first-order valence-corrected chi connectivity index (χ1v) is 9.89. The first kappa shape index (κ1) is 16.2. The van der Waals surface area contributed by atoms with Crippen molar-refractivity contribution in [2.75, 3.05) is 10.6 Å². The maximum Gasteiger partial charge on any atom is 0.213 e. The Morgan fingerprint density at radius 3 is 2.28 bits per heavy atom. The van der Waals surface area contributed by atoms with Gasteiger partial charge in [-0.15, -0.1) is 21.5 Å². The Morgan fingerprint density at radius 2 is 1.52 bits per heavy atom. The summed E-state index contributed by atoms with van der Waals surface area (Å²) in [7, 11) is 0. The standard InChI is InChI=1S/C17H12BrN5S2/c18-12-8-6-11(7-9-12)14-10-24-15(20-14)21-17-23-22-16(25-17)19-13-4-2-1-3-5-13/h1-10H,(H,19,22)(H,20,21,23). The van der Waals surface area contributed by atoms with Crippen LogP contribution in [0.4, 0.5) is 21.1 Å². The molecule has 0 aliphatic heterocycles. The third-order valence-electron chi connectivity index (χ3n) is 3.31. The van der Waals surface area contributed by atoms with Crippen LogP contribution in [-0.2, 0) is 0 Å². The summed E-state index contributed by atoms with van der Waals surface area (Å²) in [4.78, 5) is 4.61. The van der Waals surface area contributed by atoms with Crippen molar-refractivity contribution >= 4 is 59.7 Å². The summed E-state index contributed by atoms with van der Waals surface area (Å²) in [5.41, 5.74) is 3.00. The van der Waals surface area contributed by atoms with Crippen molar-refractivity contribution < 1.29 is 0 Å². The third kappa shape index (κ3) is 4.04. The van der Waals surface area contributed by atoms with Crippen molar-refractivity contribution in [3.63, 3.8) is 0 Å². The van der Waals surface area contributed by atoms with E-state index < -0.39 is 0 Å². The Bertz CT molecular complexity index is 966. The molecule has 2 aromatic carbocycles. The number of hydrogen-bond donors (Lipinski definition) is 2. The van der Waals surface area contributed by atoms with E-state index in [0.717, 1.165) is 31.7 Å². The van der Waals surface area contributed by atoms with Gasteiger partial charge in [0.2, 0.25) is 10.3 Å². The molecule has 2 aromatic heterocycles. The zero-order valence-electron chi connectivity index (χ0n) is 12.8. The van der Waals surface area contributed by atoms with Gasteiger partial charge < -0.3 is 10.6 Å². The number of nitrogens with zero attached hydrogens (tertiary/aromatic N) is 3. The van der Waals surface area contributed by atoms with Gasteiger partial charge in [0, 0.05) is 21.1 Å². The molecule has 0 spiro atoms. The first-order valence-electron chi connectivity index (χ1n) is 7.40. The normalized spacial score (nSPS) is 10.6. The average Bonchev–Trinajstić information content (AvgIpc) is 3.27. The van der Waals surface area contributed by atoms with Gasteiger partial charge in [-0.1, -0.05) is 57.6 Å². The van der Waals surface area contributed by atoms with Gasteiger partial charge in [0.25, 0.3) is 0 Å². The second kappa shape index (κ2) is 7.30. The maximum absolute atomic E-state index is 4.61.